The van der Waals surface area contributed by atoms with Crippen molar-refractivity contribution in [2.75, 3.05) is 11.9 Å². The fraction of sp³-hybridized carbons (Fsp3) is 0.286. The van der Waals surface area contributed by atoms with E-state index in [1.807, 2.05) is 0 Å². The summed E-state index contributed by atoms with van der Waals surface area (Å²) >= 11 is 0. The summed E-state index contributed by atoms with van der Waals surface area (Å²) in [5.74, 6) is 0.941. The molecule has 0 aliphatic heterocycles. The molecule has 1 amide bonds. The molecule has 0 radical (unpaired) electrons. The Morgan fingerprint density at radius 2 is 2.23 bits per heavy atom. The topological polar surface area (TPSA) is 108 Å². The van der Waals surface area contributed by atoms with Crippen LogP contribution in [0.3, 0.4) is 0 Å². The molecule has 1 aromatic carbocycles. The van der Waals surface area contributed by atoms with E-state index in [2.05, 4.69) is 10.5 Å². The highest BCUT2D eigenvalue weighted by atomic mass is 16.6. The predicted molar refractivity (Wildman–Crippen MR) is 77.7 cm³/mol. The van der Waals surface area contributed by atoms with Gasteiger partial charge in [0.25, 0.3) is 0 Å². The first-order valence-corrected chi connectivity index (χ1v) is 6.65. The quantitative estimate of drug-likeness (QED) is 0.478. The number of hydrogen-bond acceptors (Lipinski definition) is 6. The second kappa shape index (κ2) is 7.21. The summed E-state index contributed by atoms with van der Waals surface area (Å²) in [4.78, 5) is 22.0. The zero-order valence-electron chi connectivity index (χ0n) is 11.9. The van der Waals surface area contributed by atoms with Crippen molar-refractivity contribution in [2.45, 2.75) is 19.8 Å². The number of nitro benzene ring substituents is 1. The lowest BCUT2D eigenvalue weighted by atomic mass is 10.3. The van der Waals surface area contributed by atoms with E-state index >= 15 is 0 Å². The van der Waals surface area contributed by atoms with E-state index in [0.29, 0.717) is 18.0 Å². The minimum absolute atomic E-state index is 0.0926. The molecular weight excluding hydrogens is 290 g/mol. The molecule has 0 saturated heterocycles. The number of carbonyl (C=O) groups excluding carboxylic acids is 1. The van der Waals surface area contributed by atoms with Crippen LogP contribution in [0.15, 0.2) is 34.9 Å². The molecule has 0 fully saturated rings. The first-order valence-electron chi connectivity index (χ1n) is 6.65. The Bertz CT molecular complexity index is 668. The van der Waals surface area contributed by atoms with Crippen molar-refractivity contribution in [1.29, 1.82) is 0 Å². The number of ether oxygens (including phenoxy) is 1. The van der Waals surface area contributed by atoms with Crippen LogP contribution in [0.4, 0.5) is 11.5 Å². The summed E-state index contributed by atoms with van der Waals surface area (Å²) in [7, 11) is 0. The fourth-order valence-corrected chi connectivity index (χ4v) is 1.78. The van der Waals surface area contributed by atoms with E-state index in [9.17, 15) is 14.9 Å². The van der Waals surface area contributed by atoms with Gasteiger partial charge in [0.15, 0.2) is 11.6 Å². The van der Waals surface area contributed by atoms with Gasteiger partial charge in [0.2, 0.25) is 5.91 Å². The average molecular weight is 305 g/mol. The molecule has 2 aromatic rings. The van der Waals surface area contributed by atoms with E-state index in [0.717, 1.165) is 0 Å². The van der Waals surface area contributed by atoms with Gasteiger partial charge >= 0.3 is 5.69 Å². The standard InChI is InChI=1S/C14H15N3O5/c1-10-9-13(16-22-10)15-14(18)7-4-8-21-12-6-3-2-5-11(12)17(19)20/h2-3,5-6,9H,4,7-8H2,1H3,(H,15,16,18). The molecule has 0 atom stereocenters. The highest BCUT2D eigenvalue weighted by Crippen LogP contribution is 2.25. The zero-order chi connectivity index (χ0) is 15.9. The SMILES string of the molecule is Cc1cc(NC(=O)CCCOc2ccccc2[N+](=O)[O-])no1. The number of rotatable bonds is 7. The minimum atomic E-state index is -0.505. The smallest absolute Gasteiger partial charge is 0.310 e. The van der Waals surface area contributed by atoms with Crippen LogP contribution in [0, 0.1) is 17.0 Å². The van der Waals surface area contributed by atoms with Crippen LogP contribution in [-0.2, 0) is 4.79 Å². The van der Waals surface area contributed by atoms with Gasteiger partial charge in [-0.2, -0.15) is 0 Å². The molecule has 0 aliphatic carbocycles. The van der Waals surface area contributed by atoms with Crippen molar-refractivity contribution in [3.8, 4) is 5.75 Å². The van der Waals surface area contributed by atoms with Crippen LogP contribution in [0.1, 0.15) is 18.6 Å². The van der Waals surface area contributed by atoms with Gasteiger partial charge in [0.1, 0.15) is 5.76 Å². The summed E-state index contributed by atoms with van der Waals surface area (Å²) < 4.78 is 10.2. The van der Waals surface area contributed by atoms with Gasteiger partial charge in [0, 0.05) is 18.6 Å². The number of nitrogens with zero attached hydrogens (tertiary/aromatic N) is 2. The van der Waals surface area contributed by atoms with Crippen LogP contribution in [0.2, 0.25) is 0 Å². The molecule has 0 unspecified atom stereocenters. The largest absolute Gasteiger partial charge is 0.487 e. The van der Waals surface area contributed by atoms with Crippen LogP contribution >= 0.6 is 0 Å². The molecule has 0 spiro atoms. The molecule has 22 heavy (non-hydrogen) atoms. The van der Waals surface area contributed by atoms with E-state index in [-0.39, 0.29) is 30.4 Å². The van der Waals surface area contributed by atoms with E-state index in [4.69, 9.17) is 9.26 Å². The number of nitrogens with one attached hydrogen (secondary N) is 1. The lowest BCUT2D eigenvalue weighted by Gasteiger charge is -2.06. The summed E-state index contributed by atoms with van der Waals surface area (Å²) in [6, 6.07) is 7.73. The highest BCUT2D eigenvalue weighted by Gasteiger charge is 2.13. The van der Waals surface area contributed by atoms with Gasteiger partial charge in [0.05, 0.1) is 11.5 Å². The molecular formula is C14H15N3O5. The molecule has 0 bridgehead atoms. The van der Waals surface area contributed by atoms with Crippen LogP contribution < -0.4 is 10.1 Å². The molecule has 0 aliphatic rings. The second-order valence-corrected chi connectivity index (χ2v) is 4.55. The maximum atomic E-state index is 11.7. The first-order chi connectivity index (χ1) is 10.6. The summed E-state index contributed by atoms with van der Waals surface area (Å²) in [5, 5.41) is 17.0. The Labute approximate surface area is 126 Å². The van der Waals surface area contributed by atoms with Gasteiger partial charge in [-0.05, 0) is 19.4 Å². The van der Waals surface area contributed by atoms with Crippen molar-refractivity contribution in [3.05, 3.63) is 46.2 Å². The zero-order valence-corrected chi connectivity index (χ0v) is 11.9. The normalized spacial score (nSPS) is 10.2. The Balaban J connectivity index is 1.75. The summed E-state index contributed by atoms with van der Waals surface area (Å²) in [6.07, 6.45) is 0.640. The number of benzene rings is 1. The molecule has 1 heterocycles. The van der Waals surface area contributed by atoms with Crippen LogP contribution in [-0.4, -0.2) is 22.6 Å². The minimum Gasteiger partial charge on any atom is -0.487 e. The van der Waals surface area contributed by atoms with Gasteiger partial charge in [-0.25, -0.2) is 0 Å². The third-order valence-corrected chi connectivity index (χ3v) is 2.76. The second-order valence-electron chi connectivity index (χ2n) is 4.55. The number of amides is 1. The molecule has 8 nitrogen and oxygen atoms in total. The number of para-hydroxylation sites is 2. The Hall–Kier alpha value is -2.90. The van der Waals surface area contributed by atoms with Gasteiger partial charge in [-0.3, -0.25) is 14.9 Å². The Kier molecular flexibility index (Phi) is 5.07. The molecule has 1 N–H and O–H groups in total. The van der Waals surface area contributed by atoms with Crippen molar-refractivity contribution in [1.82, 2.24) is 5.16 Å². The monoisotopic (exact) mass is 305 g/mol. The number of nitro groups is 1. The molecule has 0 saturated carbocycles. The van der Waals surface area contributed by atoms with Crippen LogP contribution in [0.5, 0.6) is 5.75 Å². The third-order valence-electron chi connectivity index (χ3n) is 2.76. The van der Waals surface area contributed by atoms with Crippen molar-refractivity contribution in [2.24, 2.45) is 0 Å². The number of aromatic nitrogens is 1. The highest BCUT2D eigenvalue weighted by molar-refractivity contribution is 5.89. The van der Waals surface area contributed by atoms with Crippen molar-refractivity contribution < 1.29 is 19.0 Å². The summed E-state index contributed by atoms with van der Waals surface area (Å²) in [5.41, 5.74) is -0.0926. The van der Waals surface area contributed by atoms with Gasteiger partial charge in [-0.15, -0.1) is 0 Å². The Morgan fingerprint density at radius 1 is 1.45 bits per heavy atom. The average Bonchev–Trinajstić information content (AvgIpc) is 2.89. The molecule has 8 heteroatoms. The maximum absolute atomic E-state index is 11.7. The molecule has 116 valence electrons. The fourth-order valence-electron chi connectivity index (χ4n) is 1.78. The number of aryl methyl sites for hydroxylation is 1. The predicted octanol–water partition coefficient (Wildman–Crippen LogP) is 2.69. The van der Waals surface area contributed by atoms with Gasteiger partial charge in [-0.1, -0.05) is 17.3 Å². The van der Waals surface area contributed by atoms with Crippen molar-refractivity contribution >= 4 is 17.4 Å². The lowest BCUT2D eigenvalue weighted by Crippen LogP contribution is -2.13. The third kappa shape index (κ3) is 4.30. The lowest BCUT2D eigenvalue weighted by molar-refractivity contribution is -0.385. The number of anilines is 1. The molecule has 2 rings (SSSR count). The van der Waals surface area contributed by atoms with E-state index in [1.165, 1.54) is 12.1 Å². The van der Waals surface area contributed by atoms with Gasteiger partial charge < -0.3 is 14.6 Å². The van der Waals surface area contributed by atoms with Crippen molar-refractivity contribution in [3.63, 3.8) is 0 Å². The van der Waals surface area contributed by atoms with Crippen LogP contribution in [0.25, 0.3) is 0 Å². The van der Waals surface area contributed by atoms with E-state index in [1.54, 1.807) is 25.1 Å². The number of hydrogen-bond donors (Lipinski definition) is 1. The maximum Gasteiger partial charge on any atom is 0.310 e. The molecule has 1 aromatic heterocycles. The Morgan fingerprint density at radius 3 is 2.91 bits per heavy atom. The number of carbonyl (C=O) groups is 1. The van der Waals surface area contributed by atoms with E-state index < -0.39 is 4.92 Å². The first kappa shape index (κ1) is 15.5. The summed E-state index contributed by atoms with van der Waals surface area (Å²) in [6.45, 7) is 1.93.